The lowest BCUT2D eigenvalue weighted by Gasteiger charge is -2.04. The lowest BCUT2D eigenvalue weighted by atomic mass is 10.2. The van der Waals surface area contributed by atoms with E-state index in [1.165, 1.54) is 10.6 Å². The van der Waals surface area contributed by atoms with Gasteiger partial charge >= 0.3 is 0 Å². The normalized spacial score (nSPS) is 10.7. The van der Waals surface area contributed by atoms with E-state index in [2.05, 4.69) is 34.2 Å². The molecule has 5 heteroatoms. The Kier molecular flexibility index (Phi) is 4.96. The number of benzene rings is 1. The van der Waals surface area contributed by atoms with Crippen LogP contribution < -0.4 is 10.1 Å². The monoisotopic (exact) mass is 340 g/mol. The first-order chi connectivity index (χ1) is 9.19. The average Bonchev–Trinajstić information content (AvgIpc) is 2.82. The Labute approximate surface area is 126 Å². The Balaban J connectivity index is 2.38. The zero-order valence-electron chi connectivity index (χ0n) is 11.3. The first-order valence-electron chi connectivity index (χ1n) is 6.16. The summed E-state index contributed by atoms with van der Waals surface area (Å²) in [5.41, 5.74) is 2.30. The number of nitrogens with zero attached hydrogens (tertiary/aromatic N) is 1. The van der Waals surface area contributed by atoms with Gasteiger partial charge in [-0.3, -0.25) is 0 Å². The molecule has 19 heavy (non-hydrogen) atoms. The molecule has 1 heterocycles. The van der Waals surface area contributed by atoms with E-state index in [9.17, 15) is 0 Å². The van der Waals surface area contributed by atoms with Crippen LogP contribution in [-0.4, -0.2) is 19.1 Å². The third kappa shape index (κ3) is 3.16. The third-order valence-corrected chi connectivity index (χ3v) is 4.62. The highest BCUT2D eigenvalue weighted by atomic mass is 79.9. The van der Waals surface area contributed by atoms with E-state index in [0.717, 1.165) is 33.8 Å². The van der Waals surface area contributed by atoms with Crippen LogP contribution in [0, 0.1) is 0 Å². The van der Waals surface area contributed by atoms with Crippen molar-refractivity contribution in [2.24, 2.45) is 0 Å². The van der Waals surface area contributed by atoms with Crippen LogP contribution in [0.4, 0.5) is 0 Å². The van der Waals surface area contributed by atoms with Gasteiger partial charge in [-0.25, -0.2) is 4.98 Å². The number of thiazole rings is 1. The summed E-state index contributed by atoms with van der Waals surface area (Å²) in [6, 6.07) is 6.06. The first-order valence-corrected chi connectivity index (χ1v) is 7.77. The zero-order chi connectivity index (χ0) is 13.8. The van der Waals surface area contributed by atoms with E-state index in [0.29, 0.717) is 0 Å². The smallest absolute Gasteiger partial charge is 0.133 e. The maximum Gasteiger partial charge on any atom is 0.133 e. The SMILES string of the molecule is CCc1nc(-c2ccc(OC)c(Br)c2)sc1CNC. The molecule has 1 N–H and O–H groups in total. The Bertz CT molecular complexity index is 569. The molecule has 102 valence electrons. The van der Waals surface area contributed by atoms with E-state index < -0.39 is 0 Å². The van der Waals surface area contributed by atoms with Crippen molar-refractivity contribution in [2.75, 3.05) is 14.2 Å². The molecule has 0 atom stereocenters. The second-order valence-electron chi connectivity index (χ2n) is 4.12. The van der Waals surface area contributed by atoms with Crippen LogP contribution in [0.1, 0.15) is 17.5 Å². The molecule has 1 aromatic carbocycles. The number of hydrogen-bond acceptors (Lipinski definition) is 4. The van der Waals surface area contributed by atoms with E-state index in [4.69, 9.17) is 9.72 Å². The lowest BCUT2D eigenvalue weighted by molar-refractivity contribution is 0.412. The summed E-state index contributed by atoms with van der Waals surface area (Å²) in [5, 5.41) is 4.25. The van der Waals surface area contributed by atoms with Crippen LogP contribution in [0.25, 0.3) is 10.6 Å². The van der Waals surface area contributed by atoms with Gasteiger partial charge in [0.05, 0.1) is 17.3 Å². The number of methoxy groups -OCH3 is 1. The van der Waals surface area contributed by atoms with Gasteiger partial charge in [0.1, 0.15) is 10.8 Å². The lowest BCUT2D eigenvalue weighted by Crippen LogP contribution is -2.05. The first kappa shape index (κ1) is 14.5. The fraction of sp³-hybridized carbons (Fsp3) is 0.357. The summed E-state index contributed by atoms with van der Waals surface area (Å²) in [6.45, 7) is 3.01. The molecule has 0 spiro atoms. The average molecular weight is 341 g/mol. The minimum Gasteiger partial charge on any atom is -0.496 e. The Hall–Kier alpha value is -0.910. The van der Waals surface area contributed by atoms with Crippen molar-refractivity contribution in [3.05, 3.63) is 33.2 Å². The second-order valence-corrected chi connectivity index (χ2v) is 6.06. The largest absolute Gasteiger partial charge is 0.496 e. The summed E-state index contributed by atoms with van der Waals surface area (Å²) >= 11 is 5.27. The molecular formula is C14H17BrN2OS. The fourth-order valence-electron chi connectivity index (χ4n) is 1.88. The maximum atomic E-state index is 5.25. The predicted molar refractivity (Wildman–Crippen MR) is 83.9 cm³/mol. The fourth-order valence-corrected chi connectivity index (χ4v) is 3.58. The van der Waals surface area contributed by atoms with Crippen LogP contribution in [0.15, 0.2) is 22.7 Å². The predicted octanol–water partition coefficient (Wildman–Crippen LogP) is 3.86. The molecule has 0 aliphatic carbocycles. The number of rotatable bonds is 5. The van der Waals surface area contributed by atoms with Gasteiger partial charge in [-0.15, -0.1) is 11.3 Å². The number of ether oxygens (including phenoxy) is 1. The minimum absolute atomic E-state index is 0.839. The molecule has 1 aromatic heterocycles. The summed E-state index contributed by atoms with van der Waals surface area (Å²) in [7, 11) is 3.63. The van der Waals surface area contributed by atoms with Crippen molar-refractivity contribution in [3.63, 3.8) is 0 Å². The molecule has 3 nitrogen and oxygen atoms in total. The molecule has 2 aromatic rings. The quantitative estimate of drug-likeness (QED) is 0.897. The molecule has 0 fully saturated rings. The second kappa shape index (κ2) is 6.50. The molecule has 0 saturated carbocycles. The molecule has 0 bridgehead atoms. The minimum atomic E-state index is 0.839. The van der Waals surface area contributed by atoms with Crippen LogP contribution in [-0.2, 0) is 13.0 Å². The van der Waals surface area contributed by atoms with Gasteiger partial charge < -0.3 is 10.1 Å². The van der Waals surface area contributed by atoms with E-state index in [-0.39, 0.29) is 0 Å². The van der Waals surface area contributed by atoms with Gasteiger partial charge in [0.25, 0.3) is 0 Å². The van der Waals surface area contributed by atoms with Gasteiger partial charge in [-0.1, -0.05) is 6.92 Å². The summed E-state index contributed by atoms with van der Waals surface area (Å²) in [4.78, 5) is 6.04. The number of aryl methyl sites for hydroxylation is 1. The molecule has 0 unspecified atom stereocenters. The van der Waals surface area contributed by atoms with Gasteiger partial charge in [-0.2, -0.15) is 0 Å². The Morgan fingerprint density at radius 1 is 1.42 bits per heavy atom. The summed E-state index contributed by atoms with van der Waals surface area (Å²) in [5.74, 6) is 0.839. The van der Waals surface area contributed by atoms with Gasteiger partial charge in [0.2, 0.25) is 0 Å². The van der Waals surface area contributed by atoms with Crippen molar-refractivity contribution in [3.8, 4) is 16.3 Å². The third-order valence-electron chi connectivity index (χ3n) is 2.85. The summed E-state index contributed by atoms with van der Waals surface area (Å²) < 4.78 is 6.21. The van der Waals surface area contributed by atoms with Gasteiger partial charge in [-0.05, 0) is 47.6 Å². The van der Waals surface area contributed by atoms with Crippen molar-refractivity contribution in [1.82, 2.24) is 10.3 Å². The molecule has 0 saturated heterocycles. The van der Waals surface area contributed by atoms with Crippen molar-refractivity contribution < 1.29 is 4.74 Å². The topological polar surface area (TPSA) is 34.1 Å². The van der Waals surface area contributed by atoms with Crippen LogP contribution in [0.3, 0.4) is 0 Å². The number of aromatic nitrogens is 1. The highest BCUT2D eigenvalue weighted by Crippen LogP contribution is 2.33. The van der Waals surface area contributed by atoms with Crippen LogP contribution in [0.2, 0.25) is 0 Å². The number of halogens is 1. The van der Waals surface area contributed by atoms with Crippen molar-refractivity contribution >= 4 is 27.3 Å². The zero-order valence-corrected chi connectivity index (χ0v) is 13.7. The molecule has 0 aliphatic rings. The van der Waals surface area contributed by atoms with E-state index in [1.54, 1.807) is 18.4 Å². The molecule has 0 radical (unpaired) electrons. The van der Waals surface area contributed by atoms with Crippen molar-refractivity contribution in [2.45, 2.75) is 19.9 Å². The van der Waals surface area contributed by atoms with E-state index >= 15 is 0 Å². The highest BCUT2D eigenvalue weighted by Gasteiger charge is 2.12. The molecule has 0 amide bonds. The Morgan fingerprint density at radius 2 is 2.21 bits per heavy atom. The number of hydrogen-bond donors (Lipinski definition) is 1. The van der Waals surface area contributed by atoms with Crippen LogP contribution >= 0.6 is 27.3 Å². The molecule has 0 aliphatic heterocycles. The molecular weight excluding hydrogens is 324 g/mol. The van der Waals surface area contributed by atoms with Gasteiger partial charge in [0.15, 0.2) is 0 Å². The van der Waals surface area contributed by atoms with Crippen LogP contribution in [0.5, 0.6) is 5.75 Å². The standard InChI is InChI=1S/C14H17BrN2OS/c1-4-11-13(8-16-2)19-14(17-11)9-5-6-12(18-3)10(15)7-9/h5-7,16H,4,8H2,1-3H3. The number of nitrogens with one attached hydrogen (secondary N) is 1. The molecule has 2 rings (SSSR count). The maximum absolute atomic E-state index is 5.25. The Morgan fingerprint density at radius 3 is 2.79 bits per heavy atom. The van der Waals surface area contributed by atoms with Gasteiger partial charge in [0, 0.05) is 17.0 Å². The highest BCUT2D eigenvalue weighted by molar-refractivity contribution is 9.10. The van der Waals surface area contributed by atoms with Crippen molar-refractivity contribution in [1.29, 1.82) is 0 Å². The van der Waals surface area contributed by atoms with E-state index in [1.807, 2.05) is 19.2 Å². The summed E-state index contributed by atoms with van der Waals surface area (Å²) in [6.07, 6.45) is 0.963.